The second-order valence-corrected chi connectivity index (χ2v) is 8.23. The molecule has 0 bridgehead atoms. The van der Waals surface area contributed by atoms with Crippen LogP contribution in [0, 0.1) is 0 Å². The standard InChI is InChI=1S/C21H21BrN4O4/c1-21(2,3)30-20(28)26-25-19(27)13-10-17(24-16-7-8-23-11-14(13)16)12-5-6-15(22)18(9-12)29-4/h5-11H,1-4H3,(H,25,27)(H,26,28). The predicted molar refractivity (Wildman–Crippen MR) is 116 cm³/mol. The number of aromatic nitrogens is 2. The van der Waals surface area contributed by atoms with E-state index in [2.05, 4.69) is 36.7 Å². The van der Waals surface area contributed by atoms with Gasteiger partial charge in [-0.05, 0) is 61.0 Å². The molecule has 2 aromatic heterocycles. The molecular weight excluding hydrogens is 452 g/mol. The first kappa shape index (κ1) is 21.5. The van der Waals surface area contributed by atoms with Gasteiger partial charge in [-0.1, -0.05) is 6.07 Å². The van der Waals surface area contributed by atoms with E-state index in [0.717, 1.165) is 10.0 Å². The zero-order valence-corrected chi connectivity index (χ0v) is 18.5. The highest BCUT2D eigenvalue weighted by Crippen LogP contribution is 2.31. The van der Waals surface area contributed by atoms with E-state index in [1.807, 2.05) is 18.2 Å². The number of nitrogens with one attached hydrogen (secondary N) is 2. The Balaban J connectivity index is 1.96. The molecule has 3 aromatic rings. The van der Waals surface area contributed by atoms with Crippen molar-refractivity contribution in [3.05, 3.63) is 52.8 Å². The minimum atomic E-state index is -0.759. The van der Waals surface area contributed by atoms with Crippen molar-refractivity contribution in [2.45, 2.75) is 26.4 Å². The Labute approximate surface area is 182 Å². The van der Waals surface area contributed by atoms with Crippen LogP contribution < -0.4 is 15.6 Å². The van der Waals surface area contributed by atoms with Crippen LogP contribution in [0.3, 0.4) is 0 Å². The normalized spacial score (nSPS) is 11.1. The van der Waals surface area contributed by atoms with Gasteiger partial charge in [-0.15, -0.1) is 0 Å². The number of pyridine rings is 2. The molecule has 30 heavy (non-hydrogen) atoms. The highest BCUT2D eigenvalue weighted by Gasteiger charge is 2.19. The van der Waals surface area contributed by atoms with Gasteiger partial charge in [0.1, 0.15) is 11.4 Å². The molecule has 2 N–H and O–H groups in total. The zero-order valence-electron chi connectivity index (χ0n) is 16.9. The van der Waals surface area contributed by atoms with E-state index in [-0.39, 0.29) is 0 Å². The van der Waals surface area contributed by atoms with Crippen molar-refractivity contribution >= 4 is 38.8 Å². The van der Waals surface area contributed by atoms with Crippen molar-refractivity contribution in [1.82, 2.24) is 20.8 Å². The number of hydrazine groups is 1. The quantitative estimate of drug-likeness (QED) is 0.552. The molecule has 0 aliphatic rings. The van der Waals surface area contributed by atoms with E-state index in [1.54, 1.807) is 52.4 Å². The van der Waals surface area contributed by atoms with Crippen LogP contribution in [0.15, 0.2) is 47.2 Å². The molecule has 0 atom stereocenters. The molecule has 156 valence electrons. The number of halogens is 1. The van der Waals surface area contributed by atoms with E-state index in [1.165, 1.54) is 0 Å². The third kappa shape index (κ3) is 5.04. The molecule has 2 amide bonds. The van der Waals surface area contributed by atoms with Crippen molar-refractivity contribution in [3.63, 3.8) is 0 Å². The number of methoxy groups -OCH3 is 1. The second-order valence-electron chi connectivity index (χ2n) is 7.38. The van der Waals surface area contributed by atoms with Crippen molar-refractivity contribution in [2.75, 3.05) is 7.11 Å². The Morgan fingerprint density at radius 1 is 1.10 bits per heavy atom. The number of fused-ring (bicyclic) bond motifs is 1. The maximum Gasteiger partial charge on any atom is 0.426 e. The van der Waals surface area contributed by atoms with Crippen LogP contribution in [0.2, 0.25) is 0 Å². The largest absolute Gasteiger partial charge is 0.496 e. The maximum atomic E-state index is 12.8. The summed E-state index contributed by atoms with van der Waals surface area (Å²) in [6, 6.07) is 8.88. The third-order valence-electron chi connectivity index (χ3n) is 3.98. The summed E-state index contributed by atoms with van der Waals surface area (Å²) in [7, 11) is 1.57. The van der Waals surface area contributed by atoms with Crippen LogP contribution in [-0.4, -0.2) is 34.7 Å². The van der Waals surface area contributed by atoms with E-state index in [0.29, 0.717) is 27.9 Å². The Bertz CT molecular complexity index is 1110. The lowest BCUT2D eigenvalue weighted by atomic mass is 10.0. The monoisotopic (exact) mass is 472 g/mol. The van der Waals surface area contributed by atoms with Crippen molar-refractivity contribution in [1.29, 1.82) is 0 Å². The minimum absolute atomic E-state index is 0.307. The van der Waals surface area contributed by atoms with E-state index < -0.39 is 17.6 Å². The number of rotatable bonds is 3. The van der Waals surface area contributed by atoms with Gasteiger partial charge in [-0.2, -0.15) is 0 Å². The van der Waals surface area contributed by atoms with Gasteiger partial charge in [0.25, 0.3) is 5.91 Å². The molecule has 0 spiro atoms. The van der Waals surface area contributed by atoms with E-state index >= 15 is 0 Å². The molecule has 0 saturated heterocycles. The second kappa shape index (κ2) is 8.66. The Kier molecular flexibility index (Phi) is 6.21. The van der Waals surface area contributed by atoms with Gasteiger partial charge < -0.3 is 9.47 Å². The SMILES string of the molecule is COc1cc(-c2cc(C(=O)NNC(=O)OC(C)(C)C)c3cnccc3n2)ccc1Br. The van der Waals surface area contributed by atoms with Crippen LogP contribution in [0.1, 0.15) is 31.1 Å². The Hall–Kier alpha value is -3.20. The summed E-state index contributed by atoms with van der Waals surface area (Å²) < 4.78 is 11.3. The van der Waals surface area contributed by atoms with Gasteiger partial charge in [0, 0.05) is 23.3 Å². The average Bonchev–Trinajstić information content (AvgIpc) is 2.70. The summed E-state index contributed by atoms with van der Waals surface area (Å²) in [6.07, 6.45) is 2.39. The predicted octanol–water partition coefficient (Wildman–Crippen LogP) is 4.24. The number of hydrogen-bond acceptors (Lipinski definition) is 6. The first-order chi connectivity index (χ1) is 14.2. The highest BCUT2D eigenvalue weighted by molar-refractivity contribution is 9.10. The third-order valence-corrected chi connectivity index (χ3v) is 4.63. The van der Waals surface area contributed by atoms with Gasteiger partial charge in [-0.25, -0.2) is 15.2 Å². The average molecular weight is 473 g/mol. The highest BCUT2D eigenvalue weighted by atomic mass is 79.9. The minimum Gasteiger partial charge on any atom is -0.496 e. The summed E-state index contributed by atoms with van der Waals surface area (Å²) >= 11 is 3.43. The zero-order chi connectivity index (χ0) is 21.9. The smallest absolute Gasteiger partial charge is 0.426 e. The molecule has 2 heterocycles. The number of ether oxygens (including phenoxy) is 2. The summed E-state index contributed by atoms with van der Waals surface area (Å²) in [6.45, 7) is 5.19. The molecule has 0 saturated carbocycles. The summed E-state index contributed by atoms with van der Waals surface area (Å²) in [5.74, 6) is 0.119. The number of carbonyl (C=O) groups is 2. The number of amides is 2. The van der Waals surface area contributed by atoms with E-state index in [9.17, 15) is 9.59 Å². The molecule has 0 fully saturated rings. The van der Waals surface area contributed by atoms with Crippen LogP contribution in [-0.2, 0) is 4.74 Å². The lowest BCUT2D eigenvalue weighted by Crippen LogP contribution is -2.44. The van der Waals surface area contributed by atoms with Crippen LogP contribution in [0.25, 0.3) is 22.2 Å². The lowest BCUT2D eigenvalue weighted by molar-refractivity contribution is 0.0483. The molecule has 8 nitrogen and oxygen atoms in total. The van der Waals surface area contributed by atoms with Gasteiger partial charge in [0.2, 0.25) is 0 Å². The summed E-state index contributed by atoms with van der Waals surface area (Å²) in [5, 5.41) is 0.550. The molecular formula is C21H21BrN4O4. The Morgan fingerprint density at radius 3 is 2.57 bits per heavy atom. The van der Waals surface area contributed by atoms with Gasteiger partial charge >= 0.3 is 6.09 Å². The summed E-state index contributed by atoms with van der Waals surface area (Å²) in [4.78, 5) is 33.4. The van der Waals surface area contributed by atoms with Crippen LogP contribution >= 0.6 is 15.9 Å². The molecule has 0 aliphatic carbocycles. The number of hydrogen-bond donors (Lipinski definition) is 2. The Morgan fingerprint density at radius 2 is 1.87 bits per heavy atom. The molecule has 9 heteroatoms. The first-order valence-electron chi connectivity index (χ1n) is 9.06. The number of carbonyl (C=O) groups excluding carboxylic acids is 2. The molecule has 1 aromatic carbocycles. The lowest BCUT2D eigenvalue weighted by Gasteiger charge is -2.20. The maximum absolute atomic E-state index is 12.8. The summed E-state index contributed by atoms with van der Waals surface area (Å²) in [5.41, 5.74) is 6.18. The molecule has 0 radical (unpaired) electrons. The topological polar surface area (TPSA) is 102 Å². The number of benzene rings is 1. The van der Waals surface area contributed by atoms with Gasteiger partial charge in [0.15, 0.2) is 0 Å². The molecule has 3 rings (SSSR count). The van der Waals surface area contributed by atoms with Gasteiger partial charge in [-0.3, -0.25) is 15.2 Å². The fraction of sp³-hybridized carbons (Fsp3) is 0.238. The van der Waals surface area contributed by atoms with Crippen molar-refractivity contribution < 1.29 is 19.1 Å². The van der Waals surface area contributed by atoms with Crippen molar-refractivity contribution in [3.8, 4) is 17.0 Å². The number of nitrogens with zero attached hydrogens (tertiary/aromatic N) is 2. The van der Waals surface area contributed by atoms with Crippen LogP contribution in [0.5, 0.6) is 5.75 Å². The molecule has 0 unspecified atom stereocenters. The first-order valence-corrected chi connectivity index (χ1v) is 9.85. The van der Waals surface area contributed by atoms with E-state index in [4.69, 9.17) is 9.47 Å². The fourth-order valence-corrected chi connectivity index (χ4v) is 3.11. The van der Waals surface area contributed by atoms with Crippen LogP contribution in [0.4, 0.5) is 4.79 Å². The fourth-order valence-electron chi connectivity index (χ4n) is 2.70. The molecule has 0 aliphatic heterocycles. The van der Waals surface area contributed by atoms with Crippen molar-refractivity contribution in [2.24, 2.45) is 0 Å². The van der Waals surface area contributed by atoms with Gasteiger partial charge in [0.05, 0.1) is 28.4 Å².